The number of carbonyl (C=O) groups excluding carboxylic acids is 1. The Morgan fingerprint density at radius 3 is 2.91 bits per heavy atom. The van der Waals surface area contributed by atoms with Gasteiger partial charge in [-0.25, -0.2) is 4.98 Å². The van der Waals surface area contributed by atoms with E-state index in [2.05, 4.69) is 10.3 Å². The van der Waals surface area contributed by atoms with Crippen molar-refractivity contribution in [2.45, 2.75) is 19.8 Å². The zero-order valence-electron chi connectivity index (χ0n) is 13.7. The molecule has 0 bridgehead atoms. The molecule has 4 nitrogen and oxygen atoms in total. The van der Waals surface area contributed by atoms with Gasteiger partial charge in [0.2, 0.25) is 0 Å². The molecule has 0 spiro atoms. The first kappa shape index (κ1) is 16.1. The van der Waals surface area contributed by atoms with Crippen LogP contribution in [0, 0.1) is 12.8 Å². The van der Waals surface area contributed by atoms with Gasteiger partial charge in [0.05, 0.1) is 10.7 Å². The van der Waals surface area contributed by atoms with Gasteiger partial charge in [-0.3, -0.25) is 4.79 Å². The maximum absolute atomic E-state index is 13.0. The molecule has 1 atom stereocenters. The summed E-state index contributed by atoms with van der Waals surface area (Å²) in [6.07, 6.45) is 2.27. The Kier molecular flexibility index (Phi) is 5.08. The first-order valence-corrected chi connectivity index (χ1v) is 8.97. The van der Waals surface area contributed by atoms with Crippen molar-refractivity contribution in [1.82, 2.24) is 15.2 Å². The Hall–Kier alpha value is -1.72. The summed E-state index contributed by atoms with van der Waals surface area (Å²) in [5.74, 6) is 0.683. The molecule has 1 amide bonds. The molecule has 23 heavy (non-hydrogen) atoms. The minimum Gasteiger partial charge on any atom is -0.338 e. The maximum atomic E-state index is 13.0. The molecule has 0 aliphatic carbocycles. The Morgan fingerprint density at radius 2 is 2.17 bits per heavy atom. The van der Waals surface area contributed by atoms with Crippen molar-refractivity contribution >= 4 is 17.2 Å². The zero-order chi connectivity index (χ0) is 16.2. The molecule has 1 aromatic heterocycles. The second kappa shape index (κ2) is 7.23. The Bertz CT molecular complexity index is 666. The highest BCUT2D eigenvalue weighted by atomic mass is 32.1. The van der Waals surface area contributed by atoms with Crippen molar-refractivity contribution in [2.75, 3.05) is 26.7 Å². The predicted molar refractivity (Wildman–Crippen MR) is 94.8 cm³/mol. The third kappa shape index (κ3) is 3.62. The molecule has 1 saturated heterocycles. The van der Waals surface area contributed by atoms with E-state index < -0.39 is 0 Å². The van der Waals surface area contributed by atoms with Crippen LogP contribution < -0.4 is 5.32 Å². The van der Waals surface area contributed by atoms with Gasteiger partial charge in [0.1, 0.15) is 4.88 Å². The quantitative estimate of drug-likeness (QED) is 0.937. The van der Waals surface area contributed by atoms with Gasteiger partial charge in [-0.1, -0.05) is 30.3 Å². The molecule has 1 aliphatic rings. The molecule has 0 unspecified atom stereocenters. The van der Waals surface area contributed by atoms with Crippen molar-refractivity contribution in [2.24, 2.45) is 5.92 Å². The van der Waals surface area contributed by atoms with Crippen LogP contribution in [0.3, 0.4) is 0 Å². The van der Waals surface area contributed by atoms with Gasteiger partial charge in [-0.2, -0.15) is 0 Å². The minimum atomic E-state index is 0.134. The third-order valence-electron chi connectivity index (χ3n) is 4.27. The molecule has 2 heterocycles. The highest BCUT2D eigenvalue weighted by Crippen LogP contribution is 2.30. The maximum Gasteiger partial charge on any atom is 0.266 e. The number of piperidine rings is 1. The number of thiazole rings is 1. The number of aromatic nitrogens is 1. The molecule has 1 fully saturated rings. The van der Waals surface area contributed by atoms with Crippen LogP contribution in [0.1, 0.15) is 27.5 Å². The van der Waals surface area contributed by atoms with Crippen LogP contribution in [0.2, 0.25) is 0 Å². The first-order valence-electron chi connectivity index (χ1n) is 8.15. The van der Waals surface area contributed by atoms with Gasteiger partial charge in [0.15, 0.2) is 0 Å². The number of nitrogens with one attached hydrogen (secondary N) is 1. The van der Waals surface area contributed by atoms with Crippen LogP contribution >= 0.6 is 11.3 Å². The average Bonchev–Trinajstić information content (AvgIpc) is 2.97. The molecule has 122 valence electrons. The average molecular weight is 329 g/mol. The molecule has 1 N–H and O–H groups in total. The lowest BCUT2D eigenvalue weighted by atomic mass is 9.97. The molecule has 0 radical (unpaired) electrons. The van der Waals surface area contributed by atoms with E-state index >= 15 is 0 Å². The van der Waals surface area contributed by atoms with Crippen LogP contribution in [-0.2, 0) is 0 Å². The molecular weight excluding hydrogens is 306 g/mol. The summed E-state index contributed by atoms with van der Waals surface area (Å²) in [6.45, 7) is 4.63. The van der Waals surface area contributed by atoms with Gasteiger partial charge in [0, 0.05) is 18.7 Å². The summed E-state index contributed by atoms with van der Waals surface area (Å²) < 4.78 is 0. The molecule has 2 aromatic rings. The SMILES string of the molecule is CNC[C@@H]1CCCN(C(=O)c2sc(C)nc2-c2ccccc2)C1. The zero-order valence-corrected chi connectivity index (χ0v) is 14.5. The normalized spacial score (nSPS) is 18.2. The molecular formula is C18H23N3OS. The number of amides is 1. The van der Waals surface area contributed by atoms with E-state index in [-0.39, 0.29) is 5.91 Å². The second-order valence-corrected chi connectivity index (χ2v) is 7.30. The largest absolute Gasteiger partial charge is 0.338 e. The summed E-state index contributed by atoms with van der Waals surface area (Å²) in [7, 11) is 1.97. The summed E-state index contributed by atoms with van der Waals surface area (Å²) >= 11 is 1.51. The van der Waals surface area contributed by atoms with E-state index in [1.54, 1.807) is 0 Å². The van der Waals surface area contributed by atoms with Crippen LogP contribution in [-0.4, -0.2) is 42.5 Å². The lowest BCUT2D eigenvalue weighted by Crippen LogP contribution is -2.42. The predicted octanol–water partition coefficient (Wildman–Crippen LogP) is 3.19. The van der Waals surface area contributed by atoms with Crippen molar-refractivity contribution in [3.63, 3.8) is 0 Å². The van der Waals surface area contributed by atoms with Crippen LogP contribution in [0.4, 0.5) is 0 Å². The number of rotatable bonds is 4. The Morgan fingerprint density at radius 1 is 1.39 bits per heavy atom. The van der Waals surface area contributed by atoms with E-state index in [0.717, 1.165) is 47.2 Å². The highest BCUT2D eigenvalue weighted by Gasteiger charge is 2.27. The number of hydrogen-bond acceptors (Lipinski definition) is 4. The van der Waals surface area contributed by atoms with Crippen LogP contribution in [0.5, 0.6) is 0 Å². The Labute approximate surface area is 141 Å². The standard InChI is InChI=1S/C18H23N3OS/c1-13-20-16(15-8-4-3-5-9-15)17(23-13)18(22)21-10-6-7-14(12-21)11-19-2/h3-5,8-9,14,19H,6-7,10-12H2,1-2H3/t14-/m0/s1. The molecule has 1 aliphatic heterocycles. The van der Waals surface area contributed by atoms with E-state index in [4.69, 9.17) is 0 Å². The van der Waals surface area contributed by atoms with Gasteiger partial charge >= 0.3 is 0 Å². The molecule has 1 aromatic carbocycles. The number of carbonyl (C=O) groups is 1. The van der Waals surface area contributed by atoms with E-state index in [1.165, 1.54) is 17.8 Å². The lowest BCUT2D eigenvalue weighted by Gasteiger charge is -2.32. The van der Waals surface area contributed by atoms with E-state index in [1.807, 2.05) is 49.2 Å². The summed E-state index contributed by atoms with van der Waals surface area (Å²) in [5, 5.41) is 4.17. The van der Waals surface area contributed by atoms with Gasteiger partial charge in [-0.15, -0.1) is 11.3 Å². The van der Waals surface area contributed by atoms with E-state index in [9.17, 15) is 4.79 Å². The fourth-order valence-corrected chi connectivity index (χ4v) is 4.12. The topological polar surface area (TPSA) is 45.2 Å². The number of benzene rings is 1. The summed E-state index contributed by atoms with van der Waals surface area (Å²) in [4.78, 5) is 20.4. The van der Waals surface area contributed by atoms with Crippen molar-refractivity contribution < 1.29 is 4.79 Å². The first-order chi connectivity index (χ1) is 11.2. The molecule has 5 heteroatoms. The monoisotopic (exact) mass is 329 g/mol. The van der Waals surface area contributed by atoms with E-state index in [0.29, 0.717) is 5.92 Å². The fraction of sp³-hybridized carbons (Fsp3) is 0.444. The number of nitrogens with zero attached hydrogens (tertiary/aromatic N) is 2. The van der Waals surface area contributed by atoms with Crippen molar-refractivity contribution in [3.8, 4) is 11.3 Å². The molecule has 3 rings (SSSR count). The van der Waals surface area contributed by atoms with Crippen molar-refractivity contribution in [1.29, 1.82) is 0 Å². The highest BCUT2D eigenvalue weighted by molar-refractivity contribution is 7.14. The van der Waals surface area contributed by atoms with Crippen LogP contribution in [0.15, 0.2) is 30.3 Å². The van der Waals surface area contributed by atoms with Gasteiger partial charge in [0.25, 0.3) is 5.91 Å². The summed E-state index contributed by atoms with van der Waals surface area (Å²) in [5.41, 5.74) is 1.85. The number of hydrogen-bond donors (Lipinski definition) is 1. The number of likely N-dealkylation sites (tertiary alicyclic amines) is 1. The second-order valence-electron chi connectivity index (χ2n) is 6.09. The Balaban J connectivity index is 1.85. The fourth-order valence-electron chi connectivity index (χ4n) is 3.21. The van der Waals surface area contributed by atoms with Gasteiger partial charge < -0.3 is 10.2 Å². The number of aryl methyl sites for hydroxylation is 1. The molecule has 0 saturated carbocycles. The van der Waals surface area contributed by atoms with Crippen molar-refractivity contribution in [3.05, 3.63) is 40.2 Å². The smallest absolute Gasteiger partial charge is 0.266 e. The minimum absolute atomic E-state index is 0.134. The van der Waals surface area contributed by atoms with Crippen LogP contribution in [0.25, 0.3) is 11.3 Å². The summed E-state index contributed by atoms with van der Waals surface area (Å²) in [6, 6.07) is 10.00. The third-order valence-corrected chi connectivity index (χ3v) is 5.23. The van der Waals surface area contributed by atoms with Gasteiger partial charge in [-0.05, 0) is 39.3 Å². The lowest BCUT2D eigenvalue weighted by molar-refractivity contribution is 0.0679.